The lowest BCUT2D eigenvalue weighted by atomic mass is 10.1. The van der Waals surface area contributed by atoms with Crippen LogP contribution in [-0.4, -0.2) is 31.4 Å². The lowest BCUT2D eigenvalue weighted by Gasteiger charge is -2.10. The van der Waals surface area contributed by atoms with Crippen LogP contribution in [0.4, 0.5) is 4.39 Å². The molecule has 33 heavy (non-hydrogen) atoms. The molecule has 0 spiro atoms. The molecule has 3 aromatic carbocycles. The molecule has 6 nitrogen and oxygen atoms in total. The lowest BCUT2D eigenvalue weighted by Crippen LogP contribution is -2.24. The summed E-state index contributed by atoms with van der Waals surface area (Å²) >= 11 is 1.29. The number of carbonyl (C=O) groups excluding carboxylic acids is 1. The Balaban J connectivity index is 1.42. The number of hydrogen-bond acceptors (Lipinski definition) is 4. The average Bonchev–Trinajstić information content (AvgIpc) is 3.46. The Morgan fingerprint density at radius 2 is 1.73 bits per heavy atom. The lowest BCUT2D eigenvalue weighted by molar-refractivity contribution is -0.118. The summed E-state index contributed by atoms with van der Waals surface area (Å²) < 4.78 is 15.4. The van der Waals surface area contributed by atoms with Crippen LogP contribution in [0.3, 0.4) is 0 Å². The molecule has 0 aliphatic carbocycles. The molecule has 0 saturated carbocycles. The zero-order valence-electron chi connectivity index (χ0n) is 17.5. The van der Waals surface area contributed by atoms with Crippen LogP contribution in [0.15, 0.2) is 90.2 Å². The van der Waals surface area contributed by atoms with Crippen molar-refractivity contribution in [3.05, 3.63) is 96.4 Å². The normalized spacial score (nSPS) is 11.1. The number of para-hydroxylation sites is 1. The van der Waals surface area contributed by atoms with E-state index in [-0.39, 0.29) is 17.5 Å². The van der Waals surface area contributed by atoms with Gasteiger partial charge in [-0.2, -0.15) is 0 Å². The van der Waals surface area contributed by atoms with Gasteiger partial charge in [0.25, 0.3) is 0 Å². The van der Waals surface area contributed by atoms with Crippen LogP contribution in [0.2, 0.25) is 0 Å². The van der Waals surface area contributed by atoms with Crippen LogP contribution in [0.1, 0.15) is 5.56 Å². The molecule has 0 fully saturated rings. The first-order chi connectivity index (χ1) is 16.2. The van der Waals surface area contributed by atoms with E-state index in [2.05, 4.69) is 20.5 Å². The van der Waals surface area contributed by atoms with Gasteiger partial charge >= 0.3 is 0 Å². The van der Waals surface area contributed by atoms with Crippen LogP contribution in [0.5, 0.6) is 0 Å². The van der Waals surface area contributed by atoms with E-state index in [0.717, 1.165) is 22.0 Å². The Morgan fingerprint density at radius 3 is 2.55 bits per heavy atom. The summed E-state index contributed by atoms with van der Waals surface area (Å²) in [5.74, 6) is 0.368. The van der Waals surface area contributed by atoms with Gasteiger partial charge in [-0.3, -0.25) is 9.36 Å². The second-order valence-corrected chi connectivity index (χ2v) is 8.36. The van der Waals surface area contributed by atoms with Crippen molar-refractivity contribution in [3.63, 3.8) is 0 Å². The standard InChI is InChI=1S/C25H20FN5OS/c26-18-10-12-19(13-11-18)31-24(21-15-27-22-9-5-4-8-20(21)22)29-30-25(31)33-16-23(32)28-14-17-6-2-1-3-7-17/h1-13,15,27H,14,16H2,(H,28,32). The summed E-state index contributed by atoms with van der Waals surface area (Å²) in [6.45, 7) is 0.464. The maximum absolute atomic E-state index is 13.6. The van der Waals surface area contributed by atoms with Gasteiger partial charge in [0.2, 0.25) is 5.91 Å². The Kier molecular flexibility index (Phi) is 5.91. The van der Waals surface area contributed by atoms with Crippen molar-refractivity contribution in [2.75, 3.05) is 5.75 Å². The molecule has 0 unspecified atom stereocenters. The molecule has 5 rings (SSSR count). The molecule has 164 valence electrons. The van der Waals surface area contributed by atoms with Gasteiger partial charge in [0, 0.05) is 34.9 Å². The first-order valence-corrected chi connectivity index (χ1v) is 11.4. The number of H-pyrrole nitrogens is 1. The molecule has 0 atom stereocenters. The van der Waals surface area contributed by atoms with Gasteiger partial charge in [0.1, 0.15) is 5.82 Å². The average molecular weight is 458 g/mol. The van der Waals surface area contributed by atoms with E-state index in [1.165, 1.54) is 23.9 Å². The molecule has 8 heteroatoms. The topological polar surface area (TPSA) is 75.6 Å². The number of benzene rings is 3. The van der Waals surface area contributed by atoms with Gasteiger partial charge < -0.3 is 10.3 Å². The van der Waals surface area contributed by atoms with Crippen molar-refractivity contribution in [2.24, 2.45) is 0 Å². The van der Waals surface area contributed by atoms with Crippen LogP contribution in [-0.2, 0) is 11.3 Å². The number of amides is 1. The van der Waals surface area contributed by atoms with Crippen LogP contribution in [0.25, 0.3) is 28.0 Å². The molecular weight excluding hydrogens is 437 g/mol. The quantitative estimate of drug-likeness (QED) is 0.339. The Morgan fingerprint density at radius 1 is 0.970 bits per heavy atom. The largest absolute Gasteiger partial charge is 0.360 e. The van der Waals surface area contributed by atoms with Crippen LogP contribution in [0, 0.1) is 5.82 Å². The van der Waals surface area contributed by atoms with Crippen LogP contribution >= 0.6 is 11.8 Å². The van der Waals surface area contributed by atoms with Crippen molar-refractivity contribution in [1.82, 2.24) is 25.1 Å². The summed E-state index contributed by atoms with van der Waals surface area (Å²) in [5.41, 5.74) is 3.61. The SMILES string of the molecule is O=C(CSc1nnc(-c2c[nH]c3ccccc23)n1-c1ccc(F)cc1)NCc1ccccc1. The van der Waals surface area contributed by atoms with Crippen molar-refractivity contribution in [1.29, 1.82) is 0 Å². The third kappa shape index (κ3) is 4.51. The predicted molar refractivity (Wildman–Crippen MR) is 128 cm³/mol. The molecule has 2 heterocycles. The molecule has 0 aliphatic heterocycles. The fourth-order valence-electron chi connectivity index (χ4n) is 3.59. The van der Waals surface area contributed by atoms with Crippen molar-refractivity contribution in [3.8, 4) is 17.1 Å². The zero-order chi connectivity index (χ0) is 22.6. The van der Waals surface area contributed by atoms with Gasteiger partial charge in [0.15, 0.2) is 11.0 Å². The first kappa shape index (κ1) is 21.0. The van der Waals surface area contributed by atoms with Crippen molar-refractivity contribution in [2.45, 2.75) is 11.7 Å². The van der Waals surface area contributed by atoms with Gasteiger partial charge in [0.05, 0.1) is 5.75 Å². The molecule has 2 aromatic heterocycles. The highest BCUT2D eigenvalue weighted by atomic mass is 32.2. The molecule has 1 amide bonds. The zero-order valence-corrected chi connectivity index (χ0v) is 18.3. The van der Waals surface area contributed by atoms with Gasteiger partial charge in [-0.15, -0.1) is 10.2 Å². The highest BCUT2D eigenvalue weighted by Gasteiger charge is 2.19. The summed E-state index contributed by atoms with van der Waals surface area (Å²) in [4.78, 5) is 15.7. The number of carbonyl (C=O) groups is 1. The van der Waals surface area contributed by atoms with Crippen LogP contribution < -0.4 is 5.32 Å². The highest BCUT2D eigenvalue weighted by Crippen LogP contribution is 2.32. The Labute approximate surface area is 193 Å². The molecule has 0 aliphatic rings. The number of nitrogens with one attached hydrogen (secondary N) is 2. The summed E-state index contributed by atoms with van der Waals surface area (Å²) in [7, 11) is 0. The fraction of sp³-hybridized carbons (Fsp3) is 0.0800. The predicted octanol–water partition coefficient (Wildman–Crippen LogP) is 4.96. The number of halogens is 1. The molecule has 2 N–H and O–H groups in total. The van der Waals surface area contributed by atoms with Gasteiger partial charge in [-0.25, -0.2) is 4.39 Å². The minimum absolute atomic E-state index is 0.105. The third-order valence-corrected chi connectivity index (χ3v) is 6.14. The second kappa shape index (κ2) is 9.30. The third-order valence-electron chi connectivity index (χ3n) is 5.21. The number of nitrogens with zero attached hydrogens (tertiary/aromatic N) is 3. The van der Waals surface area contributed by atoms with Gasteiger partial charge in [-0.1, -0.05) is 60.3 Å². The second-order valence-electron chi connectivity index (χ2n) is 7.42. The number of aromatic nitrogens is 4. The molecule has 5 aromatic rings. The number of fused-ring (bicyclic) bond motifs is 1. The number of rotatable bonds is 7. The van der Waals surface area contributed by atoms with E-state index in [1.54, 1.807) is 12.1 Å². The van der Waals surface area contributed by atoms with E-state index in [0.29, 0.717) is 23.2 Å². The Bertz CT molecular complexity index is 1400. The van der Waals surface area contributed by atoms with E-state index in [1.807, 2.05) is 65.4 Å². The van der Waals surface area contributed by atoms with Crippen molar-refractivity contribution >= 4 is 28.6 Å². The van der Waals surface area contributed by atoms with E-state index >= 15 is 0 Å². The maximum Gasteiger partial charge on any atom is 0.230 e. The van der Waals surface area contributed by atoms with Crippen molar-refractivity contribution < 1.29 is 9.18 Å². The first-order valence-electron chi connectivity index (χ1n) is 10.4. The minimum atomic E-state index is -0.324. The monoisotopic (exact) mass is 457 g/mol. The fourth-order valence-corrected chi connectivity index (χ4v) is 4.38. The van der Waals surface area contributed by atoms with E-state index in [9.17, 15) is 9.18 Å². The maximum atomic E-state index is 13.6. The molecule has 0 saturated heterocycles. The molecule has 0 radical (unpaired) electrons. The molecule has 0 bridgehead atoms. The molecular formula is C25H20FN5OS. The summed E-state index contributed by atoms with van der Waals surface area (Å²) in [5, 5.41) is 13.3. The Hall–Kier alpha value is -3.91. The van der Waals surface area contributed by atoms with E-state index < -0.39 is 0 Å². The number of hydrogen-bond donors (Lipinski definition) is 2. The smallest absolute Gasteiger partial charge is 0.230 e. The minimum Gasteiger partial charge on any atom is -0.360 e. The summed E-state index contributed by atoms with van der Waals surface area (Å²) in [6, 6.07) is 23.8. The number of aromatic amines is 1. The highest BCUT2D eigenvalue weighted by molar-refractivity contribution is 7.99. The van der Waals surface area contributed by atoms with E-state index in [4.69, 9.17) is 0 Å². The number of thioether (sulfide) groups is 1. The summed E-state index contributed by atoms with van der Waals surface area (Å²) in [6.07, 6.45) is 1.88. The van der Waals surface area contributed by atoms with Gasteiger partial charge in [-0.05, 0) is 35.9 Å².